The normalized spacial score (nSPS) is 19.9. The Kier molecular flexibility index (Phi) is 4.68. The van der Waals surface area contributed by atoms with Crippen molar-refractivity contribution in [1.82, 2.24) is 10.2 Å². The van der Waals surface area contributed by atoms with Gasteiger partial charge in [-0.2, -0.15) is 0 Å². The summed E-state index contributed by atoms with van der Waals surface area (Å²) in [6, 6.07) is 6.48. The Morgan fingerprint density at radius 3 is 2.84 bits per heavy atom. The van der Waals surface area contributed by atoms with E-state index in [2.05, 4.69) is 5.32 Å². The van der Waals surface area contributed by atoms with Crippen LogP contribution in [0, 0.1) is 5.82 Å². The summed E-state index contributed by atoms with van der Waals surface area (Å²) in [5.41, 5.74) is 0.830. The molecule has 102 valence electrons. The zero-order chi connectivity index (χ0) is 13.7. The minimum atomic E-state index is -0.267. The highest BCUT2D eigenvalue weighted by atomic mass is 19.1. The van der Waals surface area contributed by atoms with Gasteiger partial charge in [0.15, 0.2) is 0 Å². The number of nitrogens with one attached hydrogen (secondary N) is 1. The van der Waals surface area contributed by atoms with Crippen LogP contribution in [0.2, 0.25) is 0 Å². The second kappa shape index (κ2) is 6.48. The fraction of sp³-hybridized carbons (Fsp3) is 0.400. The number of likely N-dealkylation sites (tertiary alicyclic amines) is 1. The predicted octanol–water partition coefficient (Wildman–Crippen LogP) is 2.05. The average Bonchev–Trinajstić information content (AvgIpc) is 2.46. The van der Waals surface area contributed by atoms with Crippen LogP contribution in [-0.4, -0.2) is 37.0 Å². The number of hydrogen-bond donors (Lipinski definition) is 1. The van der Waals surface area contributed by atoms with Gasteiger partial charge < -0.3 is 10.2 Å². The summed E-state index contributed by atoms with van der Waals surface area (Å²) in [6.07, 6.45) is 5.43. The van der Waals surface area contributed by atoms with E-state index in [4.69, 9.17) is 0 Å². The maximum absolute atomic E-state index is 12.8. The molecule has 0 spiro atoms. The first-order valence-electron chi connectivity index (χ1n) is 6.59. The smallest absolute Gasteiger partial charge is 0.246 e. The number of likely N-dealkylation sites (N-methyl/N-ethyl adjacent to an activating group) is 1. The van der Waals surface area contributed by atoms with Gasteiger partial charge in [-0.05, 0) is 43.7 Å². The number of halogens is 1. The standard InChI is InChI=1S/C15H19FN2O/c1-17-14-3-2-10-18(11-14)15(19)9-6-12-4-7-13(16)8-5-12/h4-9,14,17H,2-3,10-11H2,1H3. The molecule has 1 fully saturated rings. The topological polar surface area (TPSA) is 32.3 Å². The molecule has 1 N–H and O–H groups in total. The van der Waals surface area contributed by atoms with E-state index in [1.807, 2.05) is 11.9 Å². The Morgan fingerprint density at radius 2 is 2.16 bits per heavy atom. The fourth-order valence-corrected chi connectivity index (χ4v) is 2.26. The van der Waals surface area contributed by atoms with Gasteiger partial charge in [0, 0.05) is 25.2 Å². The van der Waals surface area contributed by atoms with Crippen molar-refractivity contribution in [2.24, 2.45) is 0 Å². The molecule has 0 aromatic heterocycles. The van der Waals surface area contributed by atoms with Gasteiger partial charge in [-0.3, -0.25) is 4.79 Å². The molecule has 1 amide bonds. The van der Waals surface area contributed by atoms with Gasteiger partial charge in [0.25, 0.3) is 0 Å². The molecule has 1 heterocycles. The summed E-state index contributed by atoms with van der Waals surface area (Å²) < 4.78 is 12.8. The highest BCUT2D eigenvalue weighted by Crippen LogP contribution is 2.11. The summed E-state index contributed by atoms with van der Waals surface area (Å²) in [7, 11) is 1.92. The molecule has 19 heavy (non-hydrogen) atoms. The monoisotopic (exact) mass is 262 g/mol. The van der Waals surface area contributed by atoms with Crippen molar-refractivity contribution in [2.75, 3.05) is 20.1 Å². The molecule has 1 aromatic carbocycles. The van der Waals surface area contributed by atoms with Crippen LogP contribution >= 0.6 is 0 Å². The van der Waals surface area contributed by atoms with Gasteiger partial charge in [-0.15, -0.1) is 0 Å². The zero-order valence-electron chi connectivity index (χ0n) is 11.1. The Morgan fingerprint density at radius 1 is 1.42 bits per heavy atom. The molecule has 0 radical (unpaired) electrons. The number of carbonyl (C=O) groups is 1. The molecular formula is C15H19FN2O. The van der Waals surface area contributed by atoms with Crippen LogP contribution in [0.4, 0.5) is 4.39 Å². The van der Waals surface area contributed by atoms with Crippen LogP contribution < -0.4 is 5.32 Å². The van der Waals surface area contributed by atoms with Gasteiger partial charge in [-0.25, -0.2) is 4.39 Å². The van der Waals surface area contributed by atoms with Crippen molar-refractivity contribution < 1.29 is 9.18 Å². The Labute approximate surface area is 113 Å². The second-order valence-corrected chi connectivity index (χ2v) is 4.80. The van der Waals surface area contributed by atoms with Gasteiger partial charge >= 0.3 is 0 Å². The number of rotatable bonds is 3. The highest BCUT2D eigenvalue weighted by Gasteiger charge is 2.20. The van der Waals surface area contributed by atoms with Crippen LogP contribution in [0.1, 0.15) is 18.4 Å². The quantitative estimate of drug-likeness (QED) is 0.846. The van der Waals surface area contributed by atoms with Crippen LogP contribution in [0.5, 0.6) is 0 Å². The molecule has 1 atom stereocenters. The zero-order valence-corrected chi connectivity index (χ0v) is 11.1. The Balaban J connectivity index is 1.94. The van der Waals surface area contributed by atoms with Crippen molar-refractivity contribution in [3.8, 4) is 0 Å². The number of carbonyl (C=O) groups excluding carboxylic acids is 1. The third kappa shape index (κ3) is 3.89. The molecular weight excluding hydrogens is 243 g/mol. The number of benzene rings is 1. The molecule has 4 heteroatoms. The van der Waals surface area contributed by atoms with E-state index in [0.717, 1.165) is 31.5 Å². The molecule has 2 rings (SSSR count). The number of nitrogens with zero attached hydrogens (tertiary/aromatic N) is 1. The number of hydrogen-bond acceptors (Lipinski definition) is 2. The summed E-state index contributed by atoms with van der Waals surface area (Å²) in [4.78, 5) is 13.9. The summed E-state index contributed by atoms with van der Waals surface area (Å²) in [5, 5.41) is 3.21. The molecule has 1 aromatic rings. The molecule has 0 bridgehead atoms. The van der Waals surface area contributed by atoms with Crippen molar-refractivity contribution in [2.45, 2.75) is 18.9 Å². The van der Waals surface area contributed by atoms with Gasteiger partial charge in [0.1, 0.15) is 5.82 Å². The minimum Gasteiger partial charge on any atom is -0.338 e. The number of piperidine rings is 1. The van der Waals surface area contributed by atoms with Crippen molar-refractivity contribution in [3.63, 3.8) is 0 Å². The van der Waals surface area contributed by atoms with Crippen LogP contribution in [0.3, 0.4) is 0 Å². The molecule has 1 aliphatic heterocycles. The van der Waals surface area contributed by atoms with Gasteiger partial charge in [0.2, 0.25) is 5.91 Å². The SMILES string of the molecule is CNC1CCCN(C(=O)C=Cc2ccc(F)cc2)C1. The van der Waals surface area contributed by atoms with E-state index in [1.165, 1.54) is 12.1 Å². The first-order valence-corrected chi connectivity index (χ1v) is 6.59. The lowest BCUT2D eigenvalue weighted by molar-refractivity contribution is -0.127. The van der Waals surface area contributed by atoms with Crippen molar-refractivity contribution in [3.05, 3.63) is 41.7 Å². The van der Waals surface area contributed by atoms with Gasteiger partial charge in [0.05, 0.1) is 0 Å². The van der Waals surface area contributed by atoms with Crippen LogP contribution in [0.25, 0.3) is 6.08 Å². The lowest BCUT2D eigenvalue weighted by atomic mass is 10.1. The minimum absolute atomic E-state index is 0.0178. The number of amides is 1. The maximum atomic E-state index is 12.8. The summed E-state index contributed by atoms with van der Waals surface area (Å²) >= 11 is 0. The van der Waals surface area contributed by atoms with Crippen LogP contribution in [-0.2, 0) is 4.79 Å². The van der Waals surface area contributed by atoms with E-state index in [0.29, 0.717) is 6.04 Å². The maximum Gasteiger partial charge on any atom is 0.246 e. The molecule has 3 nitrogen and oxygen atoms in total. The van der Waals surface area contributed by atoms with Crippen molar-refractivity contribution in [1.29, 1.82) is 0 Å². The lowest BCUT2D eigenvalue weighted by Gasteiger charge is -2.31. The predicted molar refractivity (Wildman–Crippen MR) is 74.1 cm³/mol. The molecule has 0 saturated carbocycles. The molecule has 0 aliphatic carbocycles. The Bertz CT molecular complexity index is 456. The summed E-state index contributed by atoms with van der Waals surface area (Å²) in [5.74, 6) is -0.249. The lowest BCUT2D eigenvalue weighted by Crippen LogP contribution is -2.46. The molecule has 1 aliphatic rings. The highest BCUT2D eigenvalue weighted by molar-refractivity contribution is 5.91. The van der Waals surface area contributed by atoms with E-state index in [-0.39, 0.29) is 11.7 Å². The summed E-state index contributed by atoms with van der Waals surface area (Å²) in [6.45, 7) is 1.56. The van der Waals surface area contributed by atoms with E-state index >= 15 is 0 Å². The third-order valence-electron chi connectivity index (χ3n) is 3.43. The molecule has 1 unspecified atom stereocenters. The average molecular weight is 262 g/mol. The van der Waals surface area contributed by atoms with Gasteiger partial charge in [-0.1, -0.05) is 12.1 Å². The van der Waals surface area contributed by atoms with E-state index < -0.39 is 0 Å². The van der Waals surface area contributed by atoms with Crippen LogP contribution in [0.15, 0.2) is 30.3 Å². The largest absolute Gasteiger partial charge is 0.338 e. The Hall–Kier alpha value is -1.68. The van der Waals surface area contributed by atoms with E-state index in [1.54, 1.807) is 24.3 Å². The molecule has 1 saturated heterocycles. The third-order valence-corrected chi connectivity index (χ3v) is 3.43. The van der Waals surface area contributed by atoms with E-state index in [9.17, 15) is 9.18 Å². The fourth-order valence-electron chi connectivity index (χ4n) is 2.26. The van der Waals surface area contributed by atoms with Crippen molar-refractivity contribution >= 4 is 12.0 Å². The first-order chi connectivity index (χ1) is 9.19. The second-order valence-electron chi connectivity index (χ2n) is 4.80. The first kappa shape index (κ1) is 13.7.